The third-order valence-electron chi connectivity index (χ3n) is 2.56. The van der Waals surface area contributed by atoms with E-state index in [-0.39, 0.29) is 11.5 Å². The Hall–Kier alpha value is -1.21. The number of carbonyl (C=O) groups is 1. The topological polar surface area (TPSA) is 64.9 Å². The van der Waals surface area contributed by atoms with E-state index in [0.717, 1.165) is 12.8 Å². The first-order valence-electron chi connectivity index (χ1n) is 5.48. The van der Waals surface area contributed by atoms with Crippen LogP contribution in [0.5, 0.6) is 0 Å². The number of nitrogens with zero attached hydrogens (tertiary/aromatic N) is 1. The summed E-state index contributed by atoms with van der Waals surface area (Å²) in [6.45, 7) is 0.378. The lowest BCUT2D eigenvalue weighted by Gasteiger charge is -2.09. The van der Waals surface area contributed by atoms with Crippen molar-refractivity contribution in [1.82, 2.24) is 10.6 Å². The van der Waals surface area contributed by atoms with E-state index in [1.807, 2.05) is 6.07 Å². The van der Waals surface area contributed by atoms with Crippen LogP contribution < -0.4 is 10.6 Å². The molecule has 1 rings (SSSR count). The van der Waals surface area contributed by atoms with Crippen LogP contribution in [0.1, 0.15) is 25.7 Å². The molecule has 4 nitrogen and oxygen atoms in total. The summed E-state index contributed by atoms with van der Waals surface area (Å²) in [4.78, 5) is 11.4. The smallest absolute Gasteiger partial charge is 0.263 e. The minimum Gasteiger partial charge on any atom is -0.387 e. The lowest BCUT2D eigenvalue weighted by molar-refractivity contribution is -0.117. The highest BCUT2D eigenvalue weighted by molar-refractivity contribution is 6.18. The van der Waals surface area contributed by atoms with Crippen molar-refractivity contribution in [2.75, 3.05) is 12.4 Å². The SMILES string of the molecule is N#C/C(=C/NC1CCCC1)C(=O)NCCCl. The Morgan fingerprint density at radius 3 is 2.75 bits per heavy atom. The molecule has 2 N–H and O–H groups in total. The first-order valence-corrected chi connectivity index (χ1v) is 6.02. The zero-order chi connectivity index (χ0) is 11.8. The molecule has 0 heterocycles. The van der Waals surface area contributed by atoms with Crippen LogP contribution >= 0.6 is 11.6 Å². The van der Waals surface area contributed by atoms with Crippen LogP contribution in [-0.2, 0) is 4.79 Å². The highest BCUT2D eigenvalue weighted by Crippen LogP contribution is 2.17. The van der Waals surface area contributed by atoms with Crippen molar-refractivity contribution >= 4 is 17.5 Å². The van der Waals surface area contributed by atoms with Crippen molar-refractivity contribution in [1.29, 1.82) is 5.26 Å². The molecule has 88 valence electrons. The van der Waals surface area contributed by atoms with Crippen LogP contribution in [0, 0.1) is 11.3 Å². The molecule has 1 saturated carbocycles. The number of hydrogen-bond acceptors (Lipinski definition) is 3. The van der Waals surface area contributed by atoms with Gasteiger partial charge in [0.05, 0.1) is 0 Å². The Kier molecular flexibility index (Phi) is 5.73. The highest BCUT2D eigenvalue weighted by Gasteiger charge is 2.14. The normalized spacial score (nSPS) is 16.9. The quantitative estimate of drug-likeness (QED) is 0.433. The van der Waals surface area contributed by atoms with Crippen LogP contribution in [0.2, 0.25) is 0 Å². The van der Waals surface area contributed by atoms with Crippen LogP contribution in [0.3, 0.4) is 0 Å². The van der Waals surface area contributed by atoms with Gasteiger partial charge in [0.1, 0.15) is 11.6 Å². The van der Waals surface area contributed by atoms with Gasteiger partial charge in [0, 0.05) is 24.7 Å². The summed E-state index contributed by atoms with van der Waals surface area (Å²) in [5.41, 5.74) is 0.108. The summed E-state index contributed by atoms with van der Waals surface area (Å²) < 4.78 is 0. The van der Waals surface area contributed by atoms with Crippen LogP contribution in [0.15, 0.2) is 11.8 Å². The molecule has 1 amide bonds. The van der Waals surface area contributed by atoms with Crippen molar-refractivity contribution < 1.29 is 4.79 Å². The minimum absolute atomic E-state index is 0.108. The van der Waals surface area contributed by atoms with E-state index in [1.165, 1.54) is 19.0 Å². The fraction of sp³-hybridized carbons (Fsp3) is 0.636. The van der Waals surface area contributed by atoms with Crippen LogP contribution in [0.4, 0.5) is 0 Å². The third kappa shape index (κ3) is 4.11. The zero-order valence-corrected chi connectivity index (χ0v) is 9.89. The predicted molar refractivity (Wildman–Crippen MR) is 62.8 cm³/mol. The van der Waals surface area contributed by atoms with Gasteiger partial charge in [0.25, 0.3) is 5.91 Å². The van der Waals surface area contributed by atoms with E-state index in [0.29, 0.717) is 18.5 Å². The monoisotopic (exact) mass is 241 g/mol. The Morgan fingerprint density at radius 2 is 2.19 bits per heavy atom. The Morgan fingerprint density at radius 1 is 1.50 bits per heavy atom. The molecule has 0 bridgehead atoms. The largest absolute Gasteiger partial charge is 0.387 e. The van der Waals surface area contributed by atoms with E-state index in [2.05, 4.69) is 10.6 Å². The first kappa shape index (κ1) is 12.9. The minimum atomic E-state index is -0.367. The molecule has 0 unspecified atom stereocenters. The van der Waals surface area contributed by atoms with Crippen LogP contribution in [-0.4, -0.2) is 24.4 Å². The molecule has 0 atom stereocenters. The molecule has 0 saturated heterocycles. The second kappa shape index (κ2) is 7.13. The van der Waals surface area contributed by atoms with E-state index >= 15 is 0 Å². The summed E-state index contributed by atoms with van der Waals surface area (Å²) in [6, 6.07) is 2.28. The number of nitrogens with one attached hydrogen (secondary N) is 2. The van der Waals surface area contributed by atoms with Crippen molar-refractivity contribution in [3.63, 3.8) is 0 Å². The van der Waals surface area contributed by atoms with E-state index < -0.39 is 0 Å². The fourth-order valence-corrected chi connectivity index (χ4v) is 1.79. The maximum absolute atomic E-state index is 11.4. The van der Waals surface area contributed by atoms with E-state index in [1.54, 1.807) is 0 Å². The molecule has 1 fully saturated rings. The first-order chi connectivity index (χ1) is 7.77. The second-order valence-corrected chi connectivity index (χ2v) is 4.14. The number of rotatable bonds is 5. The molecule has 16 heavy (non-hydrogen) atoms. The van der Waals surface area contributed by atoms with Gasteiger partial charge in [-0.3, -0.25) is 4.79 Å². The second-order valence-electron chi connectivity index (χ2n) is 3.76. The molecule has 1 aliphatic rings. The zero-order valence-electron chi connectivity index (χ0n) is 9.13. The van der Waals surface area contributed by atoms with Crippen molar-refractivity contribution in [2.24, 2.45) is 0 Å². The predicted octanol–water partition coefficient (Wildman–Crippen LogP) is 1.28. The molecule has 1 aliphatic carbocycles. The van der Waals surface area contributed by atoms with Crippen LogP contribution in [0.25, 0.3) is 0 Å². The molecular weight excluding hydrogens is 226 g/mol. The summed E-state index contributed by atoms with van der Waals surface area (Å²) >= 11 is 5.44. The molecule has 0 aromatic carbocycles. The van der Waals surface area contributed by atoms with Gasteiger partial charge in [-0.1, -0.05) is 12.8 Å². The third-order valence-corrected chi connectivity index (χ3v) is 2.75. The summed E-state index contributed by atoms with van der Waals surface area (Å²) in [5.74, 6) is -0.0193. The van der Waals surface area contributed by atoms with Gasteiger partial charge < -0.3 is 10.6 Å². The Balaban J connectivity index is 2.42. The molecule has 0 spiro atoms. The van der Waals surface area contributed by atoms with E-state index in [4.69, 9.17) is 16.9 Å². The standard InChI is InChI=1S/C11H16ClN3O/c12-5-6-14-11(16)9(7-13)8-15-10-3-1-2-4-10/h8,10,15H,1-6H2,(H,14,16)/b9-8-. The number of alkyl halides is 1. The molecule has 0 aromatic heterocycles. The molecular formula is C11H16ClN3O. The lowest BCUT2D eigenvalue weighted by atomic mass is 10.2. The Labute approximate surface area is 101 Å². The van der Waals surface area contributed by atoms with Crippen molar-refractivity contribution in [3.05, 3.63) is 11.8 Å². The summed E-state index contributed by atoms with van der Waals surface area (Å²) in [6.07, 6.45) is 6.16. The maximum Gasteiger partial charge on any atom is 0.263 e. The summed E-state index contributed by atoms with van der Waals surface area (Å²) in [5, 5.41) is 14.5. The summed E-state index contributed by atoms with van der Waals surface area (Å²) in [7, 11) is 0. The number of hydrogen-bond donors (Lipinski definition) is 2. The van der Waals surface area contributed by atoms with Crippen molar-refractivity contribution in [3.8, 4) is 6.07 Å². The van der Waals surface area contributed by atoms with Gasteiger partial charge in [-0.15, -0.1) is 11.6 Å². The molecule has 5 heteroatoms. The average Bonchev–Trinajstić information content (AvgIpc) is 2.80. The number of carbonyl (C=O) groups excluding carboxylic acids is 1. The number of amides is 1. The van der Waals surface area contributed by atoms with Crippen molar-refractivity contribution in [2.45, 2.75) is 31.7 Å². The molecule has 0 radical (unpaired) electrons. The molecule has 0 aromatic rings. The van der Waals surface area contributed by atoms with Gasteiger partial charge in [0.2, 0.25) is 0 Å². The van der Waals surface area contributed by atoms with Gasteiger partial charge in [-0.25, -0.2) is 0 Å². The van der Waals surface area contributed by atoms with Gasteiger partial charge in [0.15, 0.2) is 0 Å². The van der Waals surface area contributed by atoms with Gasteiger partial charge in [-0.05, 0) is 12.8 Å². The van der Waals surface area contributed by atoms with E-state index in [9.17, 15) is 4.79 Å². The fourth-order valence-electron chi connectivity index (χ4n) is 1.70. The van der Waals surface area contributed by atoms with Gasteiger partial charge >= 0.3 is 0 Å². The van der Waals surface area contributed by atoms with Gasteiger partial charge in [-0.2, -0.15) is 5.26 Å². The number of nitriles is 1. The molecule has 0 aliphatic heterocycles. The maximum atomic E-state index is 11.4. The Bertz CT molecular complexity index is 303. The highest BCUT2D eigenvalue weighted by atomic mass is 35.5. The number of halogens is 1. The lowest BCUT2D eigenvalue weighted by Crippen LogP contribution is -2.28. The average molecular weight is 242 g/mol.